The Morgan fingerprint density at radius 3 is 3.12 bits per heavy atom. The van der Waals surface area contributed by atoms with E-state index in [0.717, 1.165) is 0 Å². The molecule has 6 heteroatoms. The third-order valence-corrected chi connectivity index (χ3v) is 2.33. The molecule has 1 aromatic rings. The van der Waals surface area contributed by atoms with Gasteiger partial charge >= 0.3 is 5.97 Å². The van der Waals surface area contributed by atoms with Gasteiger partial charge in [-0.05, 0) is 19.9 Å². The van der Waals surface area contributed by atoms with Crippen molar-refractivity contribution in [2.45, 2.75) is 26.0 Å². The number of aliphatic imine (C=N–C) groups is 1. The van der Waals surface area contributed by atoms with Gasteiger partial charge in [-0.3, -0.25) is 0 Å². The lowest BCUT2D eigenvalue weighted by Crippen LogP contribution is -2.27. The van der Waals surface area contributed by atoms with Crippen molar-refractivity contribution >= 4 is 12.4 Å². The van der Waals surface area contributed by atoms with Gasteiger partial charge in [0, 0.05) is 6.20 Å². The number of carbonyl (C=O) groups excluding carboxylic acids is 1. The lowest BCUT2D eigenvalue weighted by molar-refractivity contribution is -0.146. The van der Waals surface area contributed by atoms with Gasteiger partial charge in [0.25, 0.3) is 0 Å². The van der Waals surface area contributed by atoms with Crippen LogP contribution in [0.1, 0.15) is 24.5 Å². The molecule has 0 fully saturated rings. The highest BCUT2D eigenvalue weighted by atomic mass is 16.5. The second kappa shape index (κ2) is 4.90. The van der Waals surface area contributed by atoms with Crippen molar-refractivity contribution in [1.82, 2.24) is 9.97 Å². The van der Waals surface area contributed by atoms with Gasteiger partial charge in [0.1, 0.15) is 5.82 Å². The van der Waals surface area contributed by atoms with E-state index in [0.29, 0.717) is 18.1 Å². The molecule has 2 heterocycles. The fourth-order valence-electron chi connectivity index (χ4n) is 1.60. The fourth-order valence-corrected chi connectivity index (χ4v) is 1.60. The van der Waals surface area contributed by atoms with E-state index in [4.69, 9.17) is 9.47 Å². The van der Waals surface area contributed by atoms with Crippen LogP contribution in [0.25, 0.3) is 0 Å². The van der Waals surface area contributed by atoms with E-state index in [2.05, 4.69) is 15.0 Å². The average molecular weight is 235 g/mol. The Morgan fingerprint density at radius 2 is 2.41 bits per heavy atom. The predicted octanol–water partition coefficient (Wildman–Crippen LogP) is 0.816. The maximum absolute atomic E-state index is 11.7. The van der Waals surface area contributed by atoms with Crippen molar-refractivity contribution < 1.29 is 14.3 Å². The lowest BCUT2D eigenvalue weighted by atomic mass is 10.1. The number of rotatable bonds is 3. The van der Waals surface area contributed by atoms with Crippen molar-refractivity contribution in [3.63, 3.8) is 0 Å². The second-order valence-corrected chi connectivity index (χ2v) is 3.54. The lowest BCUT2D eigenvalue weighted by Gasteiger charge is -2.15. The van der Waals surface area contributed by atoms with Crippen LogP contribution in [0, 0.1) is 6.92 Å². The molecular weight excluding hydrogens is 222 g/mol. The summed E-state index contributed by atoms with van der Waals surface area (Å²) >= 11 is 0. The monoisotopic (exact) mass is 235 g/mol. The normalized spacial score (nSPS) is 22.2. The zero-order chi connectivity index (χ0) is 12.3. The van der Waals surface area contributed by atoms with Crippen molar-refractivity contribution in [3.8, 4) is 0 Å². The van der Waals surface area contributed by atoms with Crippen LogP contribution >= 0.6 is 0 Å². The molecule has 6 nitrogen and oxygen atoms in total. The fraction of sp³-hybridized carbons (Fsp3) is 0.455. The van der Waals surface area contributed by atoms with E-state index in [1.165, 1.54) is 6.40 Å². The minimum atomic E-state index is -0.677. The van der Waals surface area contributed by atoms with E-state index in [-0.39, 0.29) is 0 Å². The predicted molar refractivity (Wildman–Crippen MR) is 59.5 cm³/mol. The molecule has 0 saturated carbocycles. The summed E-state index contributed by atoms with van der Waals surface area (Å²) < 4.78 is 10.2. The van der Waals surface area contributed by atoms with Crippen LogP contribution in [0.2, 0.25) is 0 Å². The van der Waals surface area contributed by atoms with Gasteiger partial charge < -0.3 is 9.47 Å². The average Bonchev–Trinajstić information content (AvgIpc) is 2.78. The first-order valence-corrected chi connectivity index (χ1v) is 5.35. The molecule has 1 aliphatic heterocycles. The smallest absolute Gasteiger partial charge is 0.335 e. The van der Waals surface area contributed by atoms with Gasteiger partial charge in [0.2, 0.25) is 0 Å². The highest BCUT2D eigenvalue weighted by Gasteiger charge is 2.36. The third-order valence-electron chi connectivity index (χ3n) is 2.33. The quantitative estimate of drug-likeness (QED) is 0.725. The summed E-state index contributed by atoms with van der Waals surface area (Å²) in [5, 5.41) is 0. The summed E-state index contributed by atoms with van der Waals surface area (Å²) in [6.07, 6.45) is 2.38. The summed E-state index contributed by atoms with van der Waals surface area (Å²) in [5.74, 6) is 0.225. The molecular formula is C11H13N3O3. The zero-order valence-electron chi connectivity index (χ0n) is 9.66. The van der Waals surface area contributed by atoms with Gasteiger partial charge in [0.15, 0.2) is 18.5 Å². The van der Waals surface area contributed by atoms with Gasteiger partial charge in [-0.1, -0.05) is 0 Å². The molecule has 2 atom stereocenters. The van der Waals surface area contributed by atoms with Crippen molar-refractivity contribution in [2.24, 2.45) is 4.99 Å². The molecule has 0 spiro atoms. The summed E-state index contributed by atoms with van der Waals surface area (Å²) in [7, 11) is 0. The Labute approximate surface area is 98.7 Å². The number of esters is 1. The number of hydrogen-bond donors (Lipinski definition) is 0. The molecule has 2 unspecified atom stereocenters. The van der Waals surface area contributed by atoms with Gasteiger partial charge in [-0.15, -0.1) is 0 Å². The Hall–Kier alpha value is -1.98. The number of aryl methyl sites for hydroxylation is 1. The van der Waals surface area contributed by atoms with Gasteiger partial charge in [-0.25, -0.2) is 19.8 Å². The summed E-state index contributed by atoms with van der Waals surface area (Å²) in [6.45, 7) is 3.85. The molecule has 0 amide bonds. The van der Waals surface area contributed by atoms with Crippen molar-refractivity contribution in [2.75, 3.05) is 6.61 Å². The highest BCUT2D eigenvalue weighted by Crippen LogP contribution is 2.26. The Bertz CT molecular complexity index is 447. The number of hydrogen-bond acceptors (Lipinski definition) is 6. The first-order valence-electron chi connectivity index (χ1n) is 5.35. The Balaban J connectivity index is 2.18. The van der Waals surface area contributed by atoms with E-state index in [9.17, 15) is 4.79 Å². The van der Waals surface area contributed by atoms with Crippen molar-refractivity contribution in [3.05, 3.63) is 23.8 Å². The van der Waals surface area contributed by atoms with Crippen LogP contribution in [0.5, 0.6) is 0 Å². The van der Waals surface area contributed by atoms with Crippen LogP contribution in [-0.2, 0) is 14.3 Å². The molecule has 1 aliphatic rings. The number of nitrogens with zero attached hydrogens (tertiary/aromatic N) is 3. The third kappa shape index (κ3) is 2.41. The number of ether oxygens (including phenoxy) is 2. The van der Waals surface area contributed by atoms with E-state index >= 15 is 0 Å². The first kappa shape index (κ1) is 11.5. The van der Waals surface area contributed by atoms with Crippen LogP contribution in [0.15, 0.2) is 17.3 Å². The molecule has 17 heavy (non-hydrogen) atoms. The standard InChI is InChI=1S/C11H13N3O3/c1-3-16-11(15)9-10(17-6-13-9)8-4-5-12-7(2)14-8/h4-6,9-10H,3H2,1-2H3. The summed E-state index contributed by atoms with van der Waals surface area (Å²) in [4.78, 5) is 23.8. The molecule has 0 radical (unpaired) electrons. The maximum Gasteiger partial charge on any atom is 0.335 e. The van der Waals surface area contributed by atoms with Crippen LogP contribution in [-0.4, -0.2) is 35.0 Å². The van der Waals surface area contributed by atoms with Crippen molar-refractivity contribution in [1.29, 1.82) is 0 Å². The Kier molecular flexibility index (Phi) is 3.32. The summed E-state index contributed by atoms with van der Waals surface area (Å²) in [5.41, 5.74) is 0.632. The zero-order valence-corrected chi connectivity index (χ0v) is 9.66. The minimum Gasteiger partial charge on any atom is -0.471 e. The molecule has 0 N–H and O–H groups in total. The van der Waals surface area contributed by atoms with E-state index in [1.54, 1.807) is 26.1 Å². The molecule has 2 rings (SSSR count). The molecule has 0 aromatic carbocycles. The minimum absolute atomic E-state index is 0.320. The molecule has 0 bridgehead atoms. The number of carbonyl (C=O) groups is 1. The van der Waals surface area contributed by atoms with E-state index < -0.39 is 18.1 Å². The molecule has 0 saturated heterocycles. The van der Waals surface area contributed by atoms with Gasteiger partial charge in [0.05, 0.1) is 12.3 Å². The van der Waals surface area contributed by atoms with Crippen LogP contribution in [0.4, 0.5) is 0 Å². The first-order chi connectivity index (χ1) is 8.22. The number of aromatic nitrogens is 2. The largest absolute Gasteiger partial charge is 0.471 e. The van der Waals surface area contributed by atoms with E-state index in [1.807, 2.05) is 0 Å². The molecule has 0 aliphatic carbocycles. The second-order valence-electron chi connectivity index (χ2n) is 3.54. The maximum atomic E-state index is 11.7. The van der Waals surface area contributed by atoms with Crippen LogP contribution in [0.3, 0.4) is 0 Å². The Morgan fingerprint density at radius 1 is 1.59 bits per heavy atom. The van der Waals surface area contributed by atoms with Gasteiger partial charge in [-0.2, -0.15) is 0 Å². The SMILES string of the molecule is CCOC(=O)C1N=COC1c1ccnc(C)n1. The van der Waals surface area contributed by atoms with Crippen LogP contribution < -0.4 is 0 Å². The summed E-state index contributed by atoms with van der Waals surface area (Å²) in [6, 6.07) is 1.03. The highest BCUT2D eigenvalue weighted by molar-refractivity contribution is 5.80. The topological polar surface area (TPSA) is 73.7 Å². The molecule has 90 valence electrons. The molecule has 1 aromatic heterocycles.